The second-order valence-corrected chi connectivity index (χ2v) is 11.3. The zero-order valence-corrected chi connectivity index (χ0v) is 22.2. The summed E-state index contributed by atoms with van der Waals surface area (Å²) < 4.78 is 103. The number of hydrogen-bond donors (Lipinski definition) is 1. The molecule has 0 fully saturated rings. The Balaban J connectivity index is 1.85. The first-order valence-electron chi connectivity index (χ1n) is 11.7. The molecular weight excluding hydrogens is 581 g/mol. The average molecular weight is 602 g/mol. The molecule has 1 atom stereocenters. The second kappa shape index (κ2) is 11.1. The van der Waals surface area contributed by atoms with Gasteiger partial charge in [0.25, 0.3) is 10.0 Å². The van der Waals surface area contributed by atoms with E-state index in [2.05, 4.69) is 0 Å². The standard InChI is InChI=1S/C27H21ClF5NO5S/c1-15(25-20(28)6-3-7-21(25)29)10-16-11-22(30)26-23(12-16)34(14-18(39-26)8-9-24(35)36)40(37,38)19-5-2-4-17(13-19)27(31,32)33/h2-7,10-13,18H,8-9,14H2,1H3,(H,35,36)/b15-10+/t18-/m0/s1. The lowest BCUT2D eigenvalue weighted by molar-refractivity contribution is -0.138. The van der Waals surface area contributed by atoms with Crippen LogP contribution in [0.5, 0.6) is 5.75 Å². The van der Waals surface area contributed by atoms with Crippen molar-refractivity contribution in [1.82, 2.24) is 0 Å². The number of alkyl halides is 3. The van der Waals surface area contributed by atoms with Gasteiger partial charge in [0.2, 0.25) is 0 Å². The van der Waals surface area contributed by atoms with Gasteiger partial charge < -0.3 is 9.84 Å². The molecule has 40 heavy (non-hydrogen) atoms. The van der Waals surface area contributed by atoms with Crippen molar-refractivity contribution in [3.05, 3.63) is 87.9 Å². The molecule has 1 N–H and O–H groups in total. The zero-order chi connectivity index (χ0) is 29.4. The number of aliphatic carboxylic acids is 1. The lowest BCUT2D eigenvalue weighted by Crippen LogP contribution is -2.44. The van der Waals surface area contributed by atoms with E-state index < -0.39 is 69.1 Å². The van der Waals surface area contributed by atoms with E-state index in [-0.39, 0.29) is 33.8 Å². The van der Waals surface area contributed by atoms with Gasteiger partial charge in [0.1, 0.15) is 11.9 Å². The number of carboxylic acid groups (broad SMARTS) is 1. The molecule has 13 heteroatoms. The number of allylic oxidation sites excluding steroid dienone is 1. The minimum Gasteiger partial charge on any atom is -0.483 e. The smallest absolute Gasteiger partial charge is 0.416 e. The van der Waals surface area contributed by atoms with E-state index in [1.165, 1.54) is 37.3 Å². The number of halogens is 6. The summed E-state index contributed by atoms with van der Waals surface area (Å²) in [5, 5.41) is 9.14. The lowest BCUT2D eigenvalue weighted by atomic mass is 10.0. The zero-order valence-electron chi connectivity index (χ0n) is 20.7. The first-order chi connectivity index (χ1) is 18.7. The topological polar surface area (TPSA) is 83.9 Å². The third-order valence-electron chi connectivity index (χ3n) is 6.14. The molecule has 3 aromatic carbocycles. The van der Waals surface area contributed by atoms with Crippen LogP contribution in [0.25, 0.3) is 11.6 Å². The highest BCUT2D eigenvalue weighted by Gasteiger charge is 2.38. The maximum absolute atomic E-state index is 15.4. The van der Waals surface area contributed by atoms with E-state index in [1.54, 1.807) is 0 Å². The summed E-state index contributed by atoms with van der Waals surface area (Å²) in [5.74, 6) is -3.38. The van der Waals surface area contributed by atoms with Crippen molar-refractivity contribution in [2.24, 2.45) is 0 Å². The Kier molecular flexibility index (Phi) is 8.13. The number of carboxylic acids is 1. The van der Waals surface area contributed by atoms with Crippen LogP contribution in [0.4, 0.5) is 27.6 Å². The number of carbonyl (C=O) groups is 1. The van der Waals surface area contributed by atoms with Crippen LogP contribution in [0.15, 0.2) is 59.5 Å². The summed E-state index contributed by atoms with van der Waals surface area (Å²) in [6, 6.07) is 9.35. The number of hydrogen-bond acceptors (Lipinski definition) is 4. The normalized spacial score (nSPS) is 15.9. The Labute approximate surface area is 231 Å². The van der Waals surface area contributed by atoms with Crippen molar-refractivity contribution in [3.63, 3.8) is 0 Å². The van der Waals surface area contributed by atoms with Crippen molar-refractivity contribution in [1.29, 1.82) is 0 Å². The SMILES string of the molecule is C/C(=C\c1cc(F)c2c(c1)N(S(=O)(=O)c1cccc(C(F)(F)F)c1)C[C@H](CCC(=O)O)O2)c1c(F)cccc1Cl. The van der Waals surface area contributed by atoms with Crippen LogP contribution in [0.3, 0.4) is 0 Å². The molecule has 0 saturated carbocycles. The summed E-state index contributed by atoms with van der Waals surface area (Å²) >= 11 is 6.12. The van der Waals surface area contributed by atoms with Crippen LogP contribution in [0, 0.1) is 11.6 Å². The molecule has 0 bridgehead atoms. The van der Waals surface area contributed by atoms with Gasteiger partial charge >= 0.3 is 12.1 Å². The van der Waals surface area contributed by atoms with Gasteiger partial charge in [-0.05, 0) is 66.9 Å². The number of ether oxygens (including phenoxy) is 1. The van der Waals surface area contributed by atoms with Crippen molar-refractivity contribution in [3.8, 4) is 5.75 Å². The number of fused-ring (bicyclic) bond motifs is 1. The summed E-state index contributed by atoms with van der Waals surface area (Å²) in [5.41, 5.74) is -1.11. The van der Waals surface area contributed by atoms with Gasteiger partial charge in [0.15, 0.2) is 11.6 Å². The highest BCUT2D eigenvalue weighted by atomic mass is 35.5. The van der Waals surface area contributed by atoms with E-state index in [0.717, 1.165) is 18.2 Å². The monoisotopic (exact) mass is 601 g/mol. The number of benzene rings is 3. The van der Waals surface area contributed by atoms with Gasteiger partial charge in [-0.1, -0.05) is 29.8 Å². The lowest BCUT2D eigenvalue weighted by Gasteiger charge is -2.36. The summed E-state index contributed by atoms with van der Waals surface area (Å²) in [6.07, 6.45) is -5.20. The molecule has 0 unspecified atom stereocenters. The molecule has 0 radical (unpaired) electrons. The van der Waals surface area contributed by atoms with Gasteiger partial charge in [-0.25, -0.2) is 17.2 Å². The first kappa shape index (κ1) is 29.3. The number of rotatable bonds is 7. The highest BCUT2D eigenvalue weighted by Crippen LogP contribution is 2.42. The van der Waals surface area contributed by atoms with Crippen LogP contribution >= 0.6 is 11.6 Å². The summed E-state index contributed by atoms with van der Waals surface area (Å²) in [6.45, 7) is 1.01. The molecule has 0 aromatic heterocycles. The van der Waals surface area contributed by atoms with Crippen LogP contribution in [-0.4, -0.2) is 32.1 Å². The molecule has 1 heterocycles. The predicted molar refractivity (Wildman–Crippen MR) is 139 cm³/mol. The van der Waals surface area contributed by atoms with E-state index in [4.69, 9.17) is 21.4 Å². The molecule has 0 spiro atoms. The average Bonchev–Trinajstić information content (AvgIpc) is 2.86. The minimum atomic E-state index is -4.83. The molecule has 1 aliphatic rings. The Bertz CT molecular complexity index is 1590. The quantitative estimate of drug-likeness (QED) is 0.232. The highest BCUT2D eigenvalue weighted by molar-refractivity contribution is 7.92. The van der Waals surface area contributed by atoms with Crippen molar-refractivity contribution < 1.29 is 45.0 Å². The number of anilines is 1. The molecular formula is C27H21ClF5NO5S. The van der Waals surface area contributed by atoms with Gasteiger partial charge in [0, 0.05) is 12.0 Å². The molecule has 1 aliphatic heterocycles. The first-order valence-corrected chi connectivity index (χ1v) is 13.5. The van der Waals surface area contributed by atoms with Crippen LogP contribution in [0.1, 0.15) is 36.5 Å². The van der Waals surface area contributed by atoms with Crippen LogP contribution < -0.4 is 9.04 Å². The fourth-order valence-corrected chi connectivity index (χ4v) is 6.14. The van der Waals surface area contributed by atoms with Crippen molar-refractivity contribution in [2.45, 2.75) is 36.9 Å². The van der Waals surface area contributed by atoms with Gasteiger partial charge in [-0.2, -0.15) is 13.2 Å². The van der Waals surface area contributed by atoms with E-state index in [9.17, 15) is 30.8 Å². The van der Waals surface area contributed by atoms with Gasteiger partial charge in [-0.15, -0.1) is 0 Å². The van der Waals surface area contributed by atoms with Gasteiger partial charge in [0.05, 0.1) is 27.7 Å². The van der Waals surface area contributed by atoms with E-state index in [0.29, 0.717) is 16.4 Å². The van der Waals surface area contributed by atoms with Crippen LogP contribution in [0.2, 0.25) is 5.02 Å². The number of sulfonamides is 1. The Morgan fingerprint density at radius 2 is 1.82 bits per heavy atom. The Morgan fingerprint density at radius 1 is 1.12 bits per heavy atom. The van der Waals surface area contributed by atoms with E-state index >= 15 is 4.39 Å². The maximum atomic E-state index is 15.4. The van der Waals surface area contributed by atoms with Crippen molar-refractivity contribution in [2.75, 3.05) is 10.8 Å². The summed E-state index contributed by atoms with van der Waals surface area (Å²) in [4.78, 5) is 10.4. The Morgan fingerprint density at radius 3 is 2.48 bits per heavy atom. The maximum Gasteiger partial charge on any atom is 0.416 e. The molecule has 0 aliphatic carbocycles. The number of nitrogens with zero attached hydrogens (tertiary/aromatic N) is 1. The second-order valence-electron chi connectivity index (χ2n) is 9.01. The molecule has 6 nitrogen and oxygen atoms in total. The van der Waals surface area contributed by atoms with Gasteiger partial charge in [-0.3, -0.25) is 9.10 Å². The molecule has 3 aromatic rings. The molecule has 212 valence electrons. The molecule has 0 saturated heterocycles. The Hall–Kier alpha value is -3.64. The third-order valence-corrected chi connectivity index (χ3v) is 8.23. The molecule has 0 amide bonds. The fraction of sp³-hybridized carbons (Fsp3) is 0.222. The largest absolute Gasteiger partial charge is 0.483 e. The van der Waals surface area contributed by atoms with Crippen LogP contribution in [-0.2, 0) is 21.0 Å². The molecule has 4 rings (SSSR count). The fourth-order valence-electron chi connectivity index (χ4n) is 4.29. The summed E-state index contributed by atoms with van der Waals surface area (Å²) in [7, 11) is -4.72. The predicted octanol–water partition coefficient (Wildman–Crippen LogP) is 7.02. The minimum absolute atomic E-state index is 0.0423. The van der Waals surface area contributed by atoms with E-state index in [1.807, 2.05) is 0 Å². The third kappa shape index (κ3) is 6.07. The van der Waals surface area contributed by atoms with Crippen molar-refractivity contribution >= 4 is 44.9 Å².